The maximum atomic E-state index is 14.8. The van der Waals surface area contributed by atoms with E-state index < -0.39 is 142 Å². The molecule has 23 heteroatoms. The third-order valence-corrected chi connectivity index (χ3v) is 17.8. The average Bonchev–Trinajstić information content (AvgIpc) is 3.85. The van der Waals surface area contributed by atoms with E-state index in [1.165, 1.54) is 50.1 Å². The van der Waals surface area contributed by atoms with E-state index >= 15 is 0 Å². The van der Waals surface area contributed by atoms with Crippen molar-refractivity contribution in [2.75, 3.05) is 54.6 Å². The van der Waals surface area contributed by atoms with E-state index in [0.29, 0.717) is 36.4 Å². The second-order valence-electron chi connectivity index (χ2n) is 22.3. The van der Waals surface area contributed by atoms with Gasteiger partial charge in [0.25, 0.3) is 0 Å². The van der Waals surface area contributed by atoms with E-state index in [1.54, 1.807) is 47.9 Å². The third-order valence-electron chi connectivity index (χ3n) is 16.7. The molecule has 2 aromatic rings. The summed E-state index contributed by atoms with van der Waals surface area (Å²) in [5, 5.41) is 72.0. The number of benzene rings is 1. The Bertz CT molecular complexity index is 2310. The van der Waals surface area contributed by atoms with Crippen LogP contribution in [-0.2, 0) is 59.0 Å². The summed E-state index contributed by atoms with van der Waals surface area (Å²) in [6, 6.07) is 3.90. The van der Waals surface area contributed by atoms with E-state index in [9.17, 15) is 43.1 Å². The number of esters is 1. The van der Waals surface area contributed by atoms with Gasteiger partial charge >= 0.3 is 5.97 Å². The number of likely N-dealkylation sites (N-methyl/N-ethyl adjacent to an activating group) is 1. The van der Waals surface area contributed by atoms with Crippen molar-refractivity contribution in [2.45, 2.75) is 196 Å². The molecule has 0 saturated carbocycles. The molecule has 5 rings (SSSR count). The van der Waals surface area contributed by atoms with Crippen LogP contribution in [0.2, 0.25) is 0 Å². The van der Waals surface area contributed by atoms with Gasteiger partial charge in [-0.3, -0.25) is 4.79 Å². The molecule has 3 fully saturated rings. The number of halogens is 1. The number of aromatic nitrogens is 3. The van der Waals surface area contributed by atoms with Crippen molar-refractivity contribution in [1.82, 2.24) is 19.9 Å². The van der Waals surface area contributed by atoms with E-state index in [2.05, 4.69) is 15.5 Å². The molecular formula is C53H88FN5O16S. The number of alkyl halides is 1. The predicted octanol–water partition coefficient (Wildman–Crippen LogP) is 3.97. The minimum Gasteiger partial charge on any atom is -0.459 e. The maximum absolute atomic E-state index is 14.8. The van der Waals surface area contributed by atoms with Crippen LogP contribution in [-0.4, -0.2) is 198 Å². The Hall–Kier alpha value is -3.30. The lowest BCUT2D eigenvalue weighted by Crippen LogP contribution is -2.62. The summed E-state index contributed by atoms with van der Waals surface area (Å²) in [5.74, 6) is -4.47. The highest BCUT2D eigenvalue weighted by Crippen LogP contribution is 2.46. The Morgan fingerprint density at radius 1 is 0.961 bits per heavy atom. The molecule has 0 aliphatic carbocycles. The van der Waals surface area contributed by atoms with Crippen LogP contribution >= 0.6 is 0 Å². The number of rotatable bonds is 18. The topological polar surface area (TPSA) is 273 Å². The monoisotopic (exact) mass is 1100 g/mol. The Morgan fingerprint density at radius 3 is 2.18 bits per heavy atom. The number of sulfone groups is 1. The van der Waals surface area contributed by atoms with E-state index in [4.69, 9.17) is 38.0 Å². The van der Waals surface area contributed by atoms with Crippen LogP contribution < -0.4 is 0 Å². The normalized spacial score (nSPS) is 38.8. The van der Waals surface area contributed by atoms with Crippen molar-refractivity contribution in [3.8, 4) is 0 Å². The third kappa shape index (κ3) is 14.2. The molecule has 5 N–H and O–H groups in total. The summed E-state index contributed by atoms with van der Waals surface area (Å²) in [6.07, 6.45) is -6.67. The molecule has 2 unspecified atom stereocenters. The van der Waals surface area contributed by atoms with Crippen LogP contribution in [0.3, 0.4) is 0 Å². The minimum atomic E-state index is -3.48. The Labute approximate surface area is 448 Å². The van der Waals surface area contributed by atoms with Crippen LogP contribution in [0.25, 0.3) is 0 Å². The van der Waals surface area contributed by atoms with Crippen molar-refractivity contribution >= 4 is 21.5 Å². The summed E-state index contributed by atoms with van der Waals surface area (Å²) in [5.41, 5.74) is -3.19. The maximum Gasteiger partial charge on any atom is 0.309 e. The molecule has 4 heterocycles. The first-order valence-electron chi connectivity index (χ1n) is 26.4. The zero-order valence-corrected chi connectivity index (χ0v) is 47.9. The standard InChI is InChI=1S/C53H88FN5O16S/c1-16-41-53(10,65)46(62)33(6)43(56-71-28-68-12)29(2)24-52(9,70-14)48(31(4)42(32(5)49(64)74-41)40-25-51(8,69-13)47(63)34(7)73-40)75-50-45(61)38(23-30(3)72-50)58(11)22-21-36-27-59(57-55-36)39(26-54)44(60)35-17-19-37(20-18-35)76(15,66)67/h17-20,27,29-34,38-42,44-48,50,60-63,65H,16,21-26,28H2,1-15H3/b56-43+/t29-,30-,31+,32-,33+,34+,38+,39?,40-,41-,42?,44-,45-,46-,47+,48-,50+,51-,52-,53-/m1/s1. The molecule has 434 valence electrons. The summed E-state index contributed by atoms with van der Waals surface area (Å²) in [4.78, 5) is 22.4. The fraction of sp³-hybridized carbons (Fsp3) is 0.811. The van der Waals surface area contributed by atoms with Gasteiger partial charge in [-0.15, -0.1) is 5.10 Å². The fourth-order valence-corrected chi connectivity index (χ4v) is 12.5. The van der Waals surface area contributed by atoms with Crippen LogP contribution in [0.15, 0.2) is 40.5 Å². The second-order valence-corrected chi connectivity index (χ2v) is 24.3. The molecule has 1 aromatic carbocycles. The summed E-state index contributed by atoms with van der Waals surface area (Å²) < 4.78 is 84.0. The molecule has 3 aliphatic rings. The first-order chi connectivity index (χ1) is 35.5. The van der Waals surface area contributed by atoms with Gasteiger partial charge in [0, 0.05) is 77.0 Å². The lowest BCUT2D eigenvalue weighted by atomic mass is 9.67. The highest BCUT2D eigenvalue weighted by Gasteiger charge is 2.56. The van der Waals surface area contributed by atoms with Crippen LogP contribution in [0.5, 0.6) is 0 Å². The fourth-order valence-electron chi connectivity index (χ4n) is 11.9. The van der Waals surface area contributed by atoms with Crippen molar-refractivity contribution in [3.63, 3.8) is 0 Å². The number of cyclic esters (lactones) is 1. The second kappa shape index (κ2) is 26.3. The Balaban J connectivity index is 1.52. The molecule has 0 amide bonds. The molecule has 0 spiro atoms. The predicted molar refractivity (Wildman–Crippen MR) is 277 cm³/mol. The van der Waals surface area contributed by atoms with Gasteiger partial charge in [0.15, 0.2) is 16.1 Å². The van der Waals surface area contributed by atoms with Gasteiger partial charge in [0.1, 0.15) is 42.7 Å². The highest BCUT2D eigenvalue weighted by molar-refractivity contribution is 7.90. The number of ether oxygens (including phenoxy) is 7. The van der Waals surface area contributed by atoms with Gasteiger partial charge in [-0.05, 0) is 84.5 Å². The smallest absolute Gasteiger partial charge is 0.309 e. The molecule has 76 heavy (non-hydrogen) atoms. The number of carbonyl (C=O) groups is 1. The number of methoxy groups -OCH3 is 3. The van der Waals surface area contributed by atoms with Crippen molar-refractivity contribution < 1.29 is 81.1 Å². The van der Waals surface area contributed by atoms with Gasteiger partial charge in [0.05, 0.1) is 63.9 Å². The largest absolute Gasteiger partial charge is 0.459 e. The number of aliphatic hydroxyl groups is 5. The number of hydrogen-bond donors (Lipinski definition) is 5. The SMILES string of the molecule is CC[C@H]1OC(=O)[C@H](C)C([C@H]2C[C@@](C)(OC)[C@@H](O)[C@H](C)O2)[C@H](C)[C@@H](O[C@@H]2O[C@H](C)C[C@H](N(C)CCc3cn(C(CF)[C@H](O)c4ccc(S(C)(=O)=O)cc4)nn3)[C@H]2O)[C@](C)(OC)C[C@@H](C)/C(=N\OCOC)[C@H](C)[C@@H](O)[C@]1(C)O. The molecule has 3 aliphatic heterocycles. The molecule has 0 bridgehead atoms. The first kappa shape index (κ1) is 63.5. The Morgan fingerprint density at radius 2 is 1.61 bits per heavy atom. The van der Waals surface area contributed by atoms with Gasteiger partial charge in [-0.25, -0.2) is 17.5 Å². The molecule has 20 atom stereocenters. The molecule has 3 saturated heterocycles. The number of oxime groups is 1. The Kier molecular flexibility index (Phi) is 22.0. The van der Waals surface area contributed by atoms with Crippen molar-refractivity contribution in [1.29, 1.82) is 0 Å². The average molecular weight is 1100 g/mol. The highest BCUT2D eigenvalue weighted by atomic mass is 32.2. The zero-order chi connectivity index (χ0) is 56.8. The van der Waals surface area contributed by atoms with Crippen molar-refractivity contribution in [3.05, 3.63) is 41.7 Å². The number of carbonyl (C=O) groups excluding carboxylic acids is 1. The number of aliphatic hydroxyl groups excluding tert-OH is 4. The zero-order valence-electron chi connectivity index (χ0n) is 47.1. The van der Waals surface area contributed by atoms with Gasteiger partial charge < -0.3 is 68.4 Å². The first-order valence-corrected chi connectivity index (χ1v) is 28.3. The van der Waals surface area contributed by atoms with Crippen LogP contribution in [0.4, 0.5) is 4.39 Å². The van der Waals surface area contributed by atoms with E-state index in [1.807, 2.05) is 39.6 Å². The number of nitrogens with zero attached hydrogens (tertiary/aromatic N) is 5. The summed E-state index contributed by atoms with van der Waals surface area (Å²) in [6.45, 7) is 16.9. The summed E-state index contributed by atoms with van der Waals surface area (Å²) >= 11 is 0. The van der Waals surface area contributed by atoms with Gasteiger partial charge in [-0.2, -0.15) is 0 Å². The quantitative estimate of drug-likeness (QED) is 0.0611. The molecule has 0 radical (unpaired) electrons. The minimum absolute atomic E-state index is 0.0662. The van der Waals surface area contributed by atoms with E-state index in [-0.39, 0.29) is 31.0 Å². The van der Waals surface area contributed by atoms with Gasteiger partial charge in [0.2, 0.25) is 6.79 Å². The summed E-state index contributed by atoms with van der Waals surface area (Å²) in [7, 11) is 2.87. The lowest BCUT2D eigenvalue weighted by Gasteiger charge is -2.52. The van der Waals surface area contributed by atoms with E-state index in [0.717, 1.165) is 6.26 Å². The molecule has 21 nitrogen and oxygen atoms in total. The molecular weight excluding hydrogens is 1010 g/mol. The van der Waals surface area contributed by atoms with Crippen molar-refractivity contribution in [2.24, 2.45) is 34.7 Å². The lowest BCUT2D eigenvalue weighted by molar-refractivity contribution is -0.305. The molecule has 1 aromatic heterocycles. The number of hydrogen-bond acceptors (Lipinski definition) is 20. The van der Waals surface area contributed by atoms with Crippen LogP contribution in [0.1, 0.15) is 118 Å². The van der Waals surface area contributed by atoms with Crippen LogP contribution in [0, 0.1) is 29.6 Å². The van der Waals surface area contributed by atoms with Gasteiger partial charge in [-0.1, -0.05) is 57.1 Å².